The lowest BCUT2D eigenvalue weighted by atomic mass is 10.1. The van der Waals surface area contributed by atoms with Gasteiger partial charge in [0.15, 0.2) is 6.10 Å². The number of ether oxygens (including phenoxy) is 1. The van der Waals surface area contributed by atoms with Crippen molar-refractivity contribution in [3.8, 4) is 0 Å². The van der Waals surface area contributed by atoms with Crippen molar-refractivity contribution in [1.29, 1.82) is 0 Å². The summed E-state index contributed by atoms with van der Waals surface area (Å²) in [7, 11) is 0. The van der Waals surface area contributed by atoms with Crippen LogP contribution in [0.1, 0.15) is 38.1 Å². The third kappa shape index (κ3) is 5.02. The number of rotatable bonds is 3. The molecule has 0 saturated carbocycles. The summed E-state index contributed by atoms with van der Waals surface area (Å²) in [5, 5.41) is 3.34. The van der Waals surface area contributed by atoms with E-state index in [4.69, 9.17) is 27.9 Å². The topological polar surface area (TPSA) is 55.4 Å². The molecule has 1 N–H and O–H groups in total. The van der Waals surface area contributed by atoms with Crippen LogP contribution in [0.5, 0.6) is 0 Å². The highest BCUT2D eigenvalue weighted by atomic mass is 35.5. The Bertz CT molecular complexity index is 524. The average molecular weight is 318 g/mol. The van der Waals surface area contributed by atoms with Gasteiger partial charge in [-0.1, -0.05) is 23.2 Å². The average Bonchev–Trinajstić information content (AvgIpc) is 2.30. The molecule has 0 aliphatic carbocycles. The molecular formula is C14H17Cl2NO3. The van der Waals surface area contributed by atoms with Crippen LogP contribution in [0, 0.1) is 0 Å². The third-order valence-corrected chi connectivity index (χ3v) is 3.05. The molecule has 6 heteroatoms. The molecule has 0 heterocycles. The number of carbonyl (C=O) groups excluding carboxylic acids is 2. The van der Waals surface area contributed by atoms with Gasteiger partial charge in [-0.15, -0.1) is 0 Å². The molecule has 0 aromatic heterocycles. The van der Waals surface area contributed by atoms with Gasteiger partial charge in [0, 0.05) is 5.54 Å². The lowest BCUT2D eigenvalue weighted by molar-refractivity contribution is -0.130. The highest BCUT2D eigenvalue weighted by Crippen LogP contribution is 2.23. The van der Waals surface area contributed by atoms with E-state index in [1.165, 1.54) is 25.1 Å². The van der Waals surface area contributed by atoms with Gasteiger partial charge in [-0.25, -0.2) is 4.79 Å². The van der Waals surface area contributed by atoms with E-state index in [-0.39, 0.29) is 22.0 Å². The van der Waals surface area contributed by atoms with Gasteiger partial charge in [-0.3, -0.25) is 4.79 Å². The molecule has 1 amide bonds. The summed E-state index contributed by atoms with van der Waals surface area (Å²) < 4.78 is 5.09. The normalized spacial score (nSPS) is 12.7. The van der Waals surface area contributed by atoms with Gasteiger partial charge in [-0.2, -0.15) is 0 Å². The van der Waals surface area contributed by atoms with Crippen LogP contribution in [0.3, 0.4) is 0 Å². The molecule has 0 saturated heterocycles. The zero-order valence-corrected chi connectivity index (χ0v) is 13.3. The summed E-state index contributed by atoms with van der Waals surface area (Å²) in [5.41, 5.74) is -0.142. The first-order valence-electron chi connectivity index (χ1n) is 6.08. The monoisotopic (exact) mass is 317 g/mol. The molecule has 0 spiro atoms. The van der Waals surface area contributed by atoms with E-state index in [2.05, 4.69) is 5.32 Å². The lowest BCUT2D eigenvalue weighted by Crippen LogP contribution is -2.46. The van der Waals surface area contributed by atoms with Crippen molar-refractivity contribution in [2.45, 2.75) is 39.3 Å². The Morgan fingerprint density at radius 3 is 2.30 bits per heavy atom. The second-order valence-electron chi connectivity index (χ2n) is 5.42. The molecular weight excluding hydrogens is 301 g/mol. The van der Waals surface area contributed by atoms with Crippen molar-refractivity contribution in [2.24, 2.45) is 0 Å². The van der Waals surface area contributed by atoms with Crippen LogP contribution in [0.4, 0.5) is 0 Å². The number of benzene rings is 1. The second-order valence-corrected chi connectivity index (χ2v) is 6.23. The maximum absolute atomic E-state index is 11.9. The minimum absolute atomic E-state index is 0.245. The molecule has 1 aromatic rings. The zero-order chi connectivity index (χ0) is 15.5. The Morgan fingerprint density at radius 1 is 1.20 bits per heavy atom. The van der Waals surface area contributed by atoms with E-state index in [1.54, 1.807) is 0 Å². The number of esters is 1. The Balaban J connectivity index is 2.70. The summed E-state index contributed by atoms with van der Waals surface area (Å²) in [5.74, 6) is -0.981. The van der Waals surface area contributed by atoms with E-state index in [1.807, 2.05) is 20.8 Å². The summed E-state index contributed by atoms with van der Waals surface area (Å²) >= 11 is 11.6. The largest absolute Gasteiger partial charge is 0.449 e. The van der Waals surface area contributed by atoms with Gasteiger partial charge >= 0.3 is 5.97 Å². The highest BCUT2D eigenvalue weighted by molar-refractivity contribution is 6.42. The van der Waals surface area contributed by atoms with Crippen molar-refractivity contribution in [2.75, 3.05) is 0 Å². The quantitative estimate of drug-likeness (QED) is 0.869. The summed E-state index contributed by atoms with van der Waals surface area (Å²) in [6.45, 7) is 7.05. The fraction of sp³-hybridized carbons (Fsp3) is 0.429. The maximum Gasteiger partial charge on any atom is 0.338 e. The van der Waals surface area contributed by atoms with Crippen LogP contribution >= 0.6 is 23.2 Å². The van der Waals surface area contributed by atoms with Crippen LogP contribution < -0.4 is 5.32 Å². The van der Waals surface area contributed by atoms with Crippen molar-refractivity contribution in [3.05, 3.63) is 33.8 Å². The number of halogens is 2. The van der Waals surface area contributed by atoms with Gasteiger partial charge in [0.1, 0.15) is 0 Å². The van der Waals surface area contributed by atoms with Crippen LogP contribution in [-0.2, 0) is 9.53 Å². The molecule has 20 heavy (non-hydrogen) atoms. The molecule has 1 atom stereocenters. The van der Waals surface area contributed by atoms with Gasteiger partial charge in [0.25, 0.3) is 5.91 Å². The van der Waals surface area contributed by atoms with Crippen molar-refractivity contribution < 1.29 is 14.3 Å². The third-order valence-electron chi connectivity index (χ3n) is 2.31. The number of amides is 1. The van der Waals surface area contributed by atoms with E-state index in [9.17, 15) is 9.59 Å². The van der Waals surface area contributed by atoms with Gasteiger partial charge in [0.2, 0.25) is 0 Å². The van der Waals surface area contributed by atoms with Crippen LogP contribution in [-0.4, -0.2) is 23.5 Å². The SMILES string of the molecule is C[C@@H](OC(=O)c1ccc(Cl)c(Cl)c1)C(=O)NC(C)(C)C. The number of hydrogen-bond acceptors (Lipinski definition) is 3. The first-order chi connectivity index (χ1) is 9.10. The minimum atomic E-state index is -0.892. The van der Waals surface area contributed by atoms with Gasteiger partial charge < -0.3 is 10.1 Å². The predicted octanol–water partition coefficient (Wildman–Crippen LogP) is 3.45. The highest BCUT2D eigenvalue weighted by Gasteiger charge is 2.23. The van der Waals surface area contributed by atoms with E-state index in [0.717, 1.165) is 0 Å². The van der Waals surface area contributed by atoms with Crippen molar-refractivity contribution >= 4 is 35.1 Å². The summed E-state index contributed by atoms with van der Waals surface area (Å²) in [4.78, 5) is 23.7. The minimum Gasteiger partial charge on any atom is -0.449 e. The molecule has 0 fully saturated rings. The Hall–Kier alpha value is -1.26. The van der Waals surface area contributed by atoms with Crippen molar-refractivity contribution in [3.63, 3.8) is 0 Å². The Labute approximate surface area is 128 Å². The first-order valence-corrected chi connectivity index (χ1v) is 6.84. The van der Waals surface area contributed by atoms with Crippen LogP contribution in [0.2, 0.25) is 10.0 Å². The molecule has 0 unspecified atom stereocenters. The van der Waals surface area contributed by atoms with Gasteiger partial charge in [-0.05, 0) is 45.9 Å². The molecule has 0 aliphatic heterocycles. The van der Waals surface area contributed by atoms with Gasteiger partial charge in [0.05, 0.1) is 15.6 Å². The standard InChI is InChI=1S/C14H17Cl2NO3/c1-8(12(18)17-14(2,3)4)20-13(19)9-5-6-10(15)11(16)7-9/h5-8H,1-4H3,(H,17,18)/t8-/m1/s1. The van der Waals surface area contributed by atoms with E-state index in [0.29, 0.717) is 5.02 Å². The number of carbonyl (C=O) groups is 2. The summed E-state index contributed by atoms with van der Waals surface area (Å²) in [6.07, 6.45) is -0.892. The lowest BCUT2D eigenvalue weighted by Gasteiger charge is -2.23. The van der Waals surface area contributed by atoms with Crippen molar-refractivity contribution in [1.82, 2.24) is 5.32 Å². The number of hydrogen-bond donors (Lipinski definition) is 1. The van der Waals surface area contributed by atoms with E-state index < -0.39 is 12.1 Å². The summed E-state index contributed by atoms with van der Waals surface area (Å²) in [6, 6.07) is 4.39. The molecule has 0 aliphatic rings. The number of nitrogens with one attached hydrogen (secondary N) is 1. The molecule has 110 valence electrons. The fourth-order valence-electron chi connectivity index (χ4n) is 1.38. The second kappa shape index (κ2) is 6.46. The zero-order valence-electron chi connectivity index (χ0n) is 11.8. The maximum atomic E-state index is 11.9. The predicted molar refractivity (Wildman–Crippen MR) is 79.2 cm³/mol. The molecule has 0 radical (unpaired) electrons. The Morgan fingerprint density at radius 2 is 1.80 bits per heavy atom. The van der Waals surface area contributed by atoms with Crippen LogP contribution in [0.15, 0.2) is 18.2 Å². The van der Waals surface area contributed by atoms with Crippen LogP contribution in [0.25, 0.3) is 0 Å². The fourth-order valence-corrected chi connectivity index (χ4v) is 1.67. The molecule has 0 bridgehead atoms. The first kappa shape index (κ1) is 16.8. The molecule has 1 rings (SSSR count). The molecule has 1 aromatic carbocycles. The van der Waals surface area contributed by atoms with E-state index >= 15 is 0 Å². The Kier molecular flexibility index (Phi) is 5.42. The molecule has 4 nitrogen and oxygen atoms in total. The smallest absolute Gasteiger partial charge is 0.338 e.